The molecule has 1 aliphatic rings. The van der Waals surface area contributed by atoms with Gasteiger partial charge < -0.3 is 9.30 Å². The average Bonchev–Trinajstić information content (AvgIpc) is 3.00. The molecule has 1 saturated heterocycles. The Morgan fingerprint density at radius 2 is 1.71 bits per heavy atom. The van der Waals surface area contributed by atoms with Crippen molar-refractivity contribution in [1.82, 2.24) is 14.5 Å². The fourth-order valence-corrected chi connectivity index (χ4v) is 3.48. The highest BCUT2D eigenvalue weighted by atomic mass is 16.5. The highest BCUT2D eigenvalue weighted by Gasteiger charge is 2.20. The van der Waals surface area contributed by atoms with Crippen LogP contribution in [0, 0.1) is 0 Å². The Labute approximate surface area is 142 Å². The summed E-state index contributed by atoms with van der Waals surface area (Å²) >= 11 is 0. The van der Waals surface area contributed by atoms with Gasteiger partial charge in [-0.25, -0.2) is 4.98 Å². The summed E-state index contributed by atoms with van der Waals surface area (Å²) in [6, 6.07) is 19.3. The van der Waals surface area contributed by atoms with Crippen LogP contribution in [0.15, 0.2) is 54.6 Å². The summed E-state index contributed by atoms with van der Waals surface area (Å²) in [5.74, 6) is 1.13. The lowest BCUT2D eigenvalue weighted by atomic mass is 10.1. The number of rotatable bonds is 4. The number of morpholine rings is 1. The largest absolute Gasteiger partial charge is 0.379 e. The summed E-state index contributed by atoms with van der Waals surface area (Å²) in [6.07, 6.45) is 0. The number of benzene rings is 2. The van der Waals surface area contributed by atoms with Crippen molar-refractivity contribution in [3.63, 3.8) is 0 Å². The molecule has 4 nitrogen and oxygen atoms in total. The zero-order chi connectivity index (χ0) is 16.4. The number of hydrogen-bond donors (Lipinski definition) is 0. The van der Waals surface area contributed by atoms with E-state index in [1.54, 1.807) is 0 Å². The smallest absolute Gasteiger partial charge is 0.124 e. The standard InChI is InChI=1S/C20H23N3O/c1-16(17-7-3-2-4-8-17)23-19-10-6-5-9-18(19)21-20(23)15-22-11-13-24-14-12-22/h2-10,16H,11-15H2,1H3. The van der Waals surface area contributed by atoms with Gasteiger partial charge in [-0.15, -0.1) is 0 Å². The van der Waals surface area contributed by atoms with Crippen molar-refractivity contribution in [2.45, 2.75) is 19.5 Å². The van der Waals surface area contributed by atoms with Crippen molar-refractivity contribution in [2.24, 2.45) is 0 Å². The Morgan fingerprint density at radius 3 is 2.50 bits per heavy atom. The summed E-state index contributed by atoms with van der Waals surface area (Å²) in [4.78, 5) is 7.36. The molecule has 0 bridgehead atoms. The molecule has 0 spiro atoms. The van der Waals surface area contributed by atoms with Crippen LogP contribution in [-0.2, 0) is 11.3 Å². The van der Waals surface area contributed by atoms with Crippen LogP contribution >= 0.6 is 0 Å². The van der Waals surface area contributed by atoms with E-state index in [1.807, 2.05) is 0 Å². The Bertz CT molecular complexity index is 806. The second kappa shape index (κ2) is 6.75. The van der Waals surface area contributed by atoms with Crippen molar-refractivity contribution in [3.05, 3.63) is 66.0 Å². The second-order valence-corrected chi connectivity index (χ2v) is 6.36. The molecule has 1 fully saturated rings. The predicted molar refractivity (Wildman–Crippen MR) is 96.1 cm³/mol. The van der Waals surface area contributed by atoms with Crippen LogP contribution < -0.4 is 0 Å². The molecule has 4 heteroatoms. The van der Waals surface area contributed by atoms with Gasteiger partial charge in [-0.3, -0.25) is 4.90 Å². The molecule has 1 aromatic heterocycles. The molecule has 1 unspecified atom stereocenters. The summed E-state index contributed by atoms with van der Waals surface area (Å²) in [5, 5.41) is 0. The van der Waals surface area contributed by atoms with E-state index in [1.165, 1.54) is 11.1 Å². The first-order chi connectivity index (χ1) is 11.8. The van der Waals surface area contributed by atoms with Gasteiger partial charge in [-0.05, 0) is 24.6 Å². The Morgan fingerprint density at radius 1 is 1.00 bits per heavy atom. The molecule has 2 aromatic carbocycles. The number of aromatic nitrogens is 2. The van der Waals surface area contributed by atoms with Gasteiger partial charge in [0.05, 0.1) is 36.8 Å². The minimum atomic E-state index is 0.259. The Kier molecular flexibility index (Phi) is 4.32. The van der Waals surface area contributed by atoms with E-state index in [0.29, 0.717) is 0 Å². The van der Waals surface area contributed by atoms with Crippen molar-refractivity contribution < 1.29 is 4.74 Å². The zero-order valence-corrected chi connectivity index (χ0v) is 14.1. The van der Waals surface area contributed by atoms with Gasteiger partial charge in [-0.2, -0.15) is 0 Å². The quantitative estimate of drug-likeness (QED) is 0.737. The first kappa shape index (κ1) is 15.4. The van der Waals surface area contributed by atoms with Crippen molar-refractivity contribution in [1.29, 1.82) is 0 Å². The summed E-state index contributed by atoms with van der Waals surface area (Å²) in [7, 11) is 0. The number of imidazole rings is 1. The minimum absolute atomic E-state index is 0.259. The van der Waals surface area contributed by atoms with E-state index >= 15 is 0 Å². The van der Waals surface area contributed by atoms with Gasteiger partial charge in [-0.1, -0.05) is 42.5 Å². The third-order valence-electron chi connectivity index (χ3n) is 4.81. The average molecular weight is 321 g/mol. The number of para-hydroxylation sites is 2. The third kappa shape index (κ3) is 2.95. The number of nitrogens with zero attached hydrogens (tertiary/aromatic N) is 3. The van der Waals surface area contributed by atoms with Gasteiger partial charge in [0.2, 0.25) is 0 Å². The second-order valence-electron chi connectivity index (χ2n) is 6.36. The molecule has 1 aliphatic heterocycles. The van der Waals surface area contributed by atoms with Crippen LogP contribution in [0.4, 0.5) is 0 Å². The Balaban J connectivity index is 1.75. The van der Waals surface area contributed by atoms with E-state index < -0.39 is 0 Å². The summed E-state index contributed by atoms with van der Waals surface area (Å²) in [6.45, 7) is 6.70. The lowest BCUT2D eigenvalue weighted by Crippen LogP contribution is -2.36. The molecule has 4 rings (SSSR count). The summed E-state index contributed by atoms with van der Waals surface area (Å²) < 4.78 is 7.86. The van der Waals surface area contributed by atoms with Crippen molar-refractivity contribution in [3.8, 4) is 0 Å². The van der Waals surface area contributed by atoms with Gasteiger partial charge in [0.15, 0.2) is 0 Å². The maximum atomic E-state index is 5.47. The van der Waals surface area contributed by atoms with Crippen LogP contribution in [0.3, 0.4) is 0 Å². The normalized spacial score (nSPS) is 17.2. The lowest BCUT2D eigenvalue weighted by Gasteiger charge is -2.27. The SMILES string of the molecule is CC(c1ccccc1)n1c(CN2CCOCC2)nc2ccccc21. The van der Waals surface area contributed by atoms with Crippen molar-refractivity contribution >= 4 is 11.0 Å². The molecule has 24 heavy (non-hydrogen) atoms. The monoisotopic (exact) mass is 321 g/mol. The van der Waals surface area contributed by atoms with Crippen LogP contribution in [-0.4, -0.2) is 40.8 Å². The van der Waals surface area contributed by atoms with Crippen molar-refractivity contribution in [2.75, 3.05) is 26.3 Å². The lowest BCUT2D eigenvalue weighted by molar-refractivity contribution is 0.0326. The molecule has 3 aromatic rings. The van der Waals surface area contributed by atoms with Crippen LogP contribution in [0.2, 0.25) is 0 Å². The third-order valence-corrected chi connectivity index (χ3v) is 4.81. The first-order valence-corrected chi connectivity index (χ1v) is 8.64. The van der Waals surface area contributed by atoms with E-state index in [0.717, 1.165) is 44.2 Å². The molecule has 0 amide bonds. The zero-order valence-electron chi connectivity index (χ0n) is 14.1. The van der Waals surface area contributed by atoms with Gasteiger partial charge in [0.1, 0.15) is 5.82 Å². The van der Waals surface area contributed by atoms with E-state index in [2.05, 4.69) is 71.0 Å². The van der Waals surface area contributed by atoms with Gasteiger partial charge in [0.25, 0.3) is 0 Å². The van der Waals surface area contributed by atoms with Gasteiger partial charge in [0, 0.05) is 13.1 Å². The first-order valence-electron chi connectivity index (χ1n) is 8.64. The van der Waals surface area contributed by atoms with Gasteiger partial charge >= 0.3 is 0 Å². The number of hydrogen-bond acceptors (Lipinski definition) is 3. The van der Waals surface area contributed by atoms with Crippen LogP contribution in [0.1, 0.15) is 24.4 Å². The molecule has 1 atom stereocenters. The topological polar surface area (TPSA) is 30.3 Å². The molecule has 0 aliphatic carbocycles. The minimum Gasteiger partial charge on any atom is -0.379 e. The number of ether oxygens (including phenoxy) is 1. The molecule has 124 valence electrons. The fraction of sp³-hybridized carbons (Fsp3) is 0.350. The summed E-state index contributed by atoms with van der Waals surface area (Å²) in [5.41, 5.74) is 3.59. The van der Waals surface area contributed by atoms with Crippen LogP contribution in [0.25, 0.3) is 11.0 Å². The number of fused-ring (bicyclic) bond motifs is 1. The molecule has 2 heterocycles. The maximum Gasteiger partial charge on any atom is 0.124 e. The Hall–Kier alpha value is -2.17. The fourth-order valence-electron chi connectivity index (χ4n) is 3.48. The highest BCUT2D eigenvalue weighted by Crippen LogP contribution is 2.26. The molecule has 0 saturated carbocycles. The molecular formula is C20H23N3O. The highest BCUT2D eigenvalue weighted by molar-refractivity contribution is 5.76. The maximum absolute atomic E-state index is 5.47. The molecule has 0 radical (unpaired) electrons. The van der Waals surface area contributed by atoms with E-state index in [9.17, 15) is 0 Å². The van der Waals surface area contributed by atoms with Crippen LogP contribution in [0.5, 0.6) is 0 Å². The van der Waals surface area contributed by atoms with E-state index in [4.69, 9.17) is 9.72 Å². The van der Waals surface area contributed by atoms with E-state index in [-0.39, 0.29) is 6.04 Å². The molecule has 0 N–H and O–H groups in total. The molecular weight excluding hydrogens is 298 g/mol. The predicted octanol–water partition coefficient (Wildman–Crippen LogP) is 3.48.